The van der Waals surface area contributed by atoms with Crippen molar-refractivity contribution in [2.75, 3.05) is 14.1 Å². The first-order chi connectivity index (χ1) is 13.4. The standard InChI is InChI=1S/C22H35NO6/c1-13(9-10-24)20(16(4)18-12-19(25)29-22(5,6)28-18)27-21-15(3)17(23(7)8)11-14(2)26-21/h9-10,12,14-17,20-21H,11H2,1-8H3/b13-9+/t14?,15?,16-,17?,20-,21-/m0/s1. The van der Waals surface area contributed by atoms with E-state index in [1.54, 1.807) is 13.8 Å². The van der Waals surface area contributed by atoms with Gasteiger partial charge in [0.25, 0.3) is 0 Å². The summed E-state index contributed by atoms with van der Waals surface area (Å²) in [4.78, 5) is 25.3. The van der Waals surface area contributed by atoms with E-state index in [4.69, 9.17) is 18.9 Å². The lowest BCUT2D eigenvalue weighted by Crippen LogP contribution is -2.51. The summed E-state index contributed by atoms with van der Waals surface area (Å²) in [6.07, 6.45) is 3.60. The molecule has 0 amide bonds. The Morgan fingerprint density at radius 1 is 1.31 bits per heavy atom. The molecule has 7 nitrogen and oxygen atoms in total. The molecule has 1 fully saturated rings. The maximum Gasteiger partial charge on any atom is 0.337 e. The Balaban J connectivity index is 2.30. The molecule has 0 aromatic carbocycles. The molecular formula is C22H35NO6. The van der Waals surface area contributed by atoms with Gasteiger partial charge in [-0.2, -0.15) is 0 Å². The second kappa shape index (κ2) is 9.41. The van der Waals surface area contributed by atoms with Gasteiger partial charge in [-0.15, -0.1) is 0 Å². The highest BCUT2D eigenvalue weighted by Crippen LogP contribution is 2.35. The largest absolute Gasteiger partial charge is 0.456 e. The Morgan fingerprint density at radius 3 is 2.52 bits per heavy atom. The third-order valence-corrected chi connectivity index (χ3v) is 5.57. The van der Waals surface area contributed by atoms with E-state index >= 15 is 0 Å². The van der Waals surface area contributed by atoms with Gasteiger partial charge in [-0.3, -0.25) is 4.79 Å². The van der Waals surface area contributed by atoms with Crippen molar-refractivity contribution in [2.24, 2.45) is 11.8 Å². The highest BCUT2D eigenvalue weighted by atomic mass is 16.7. The number of allylic oxidation sites excluding steroid dienone is 1. The van der Waals surface area contributed by atoms with Gasteiger partial charge in [-0.1, -0.05) is 13.8 Å². The third-order valence-electron chi connectivity index (χ3n) is 5.57. The Morgan fingerprint density at radius 2 is 1.97 bits per heavy atom. The van der Waals surface area contributed by atoms with E-state index in [1.807, 2.05) is 20.8 Å². The third kappa shape index (κ3) is 5.90. The van der Waals surface area contributed by atoms with Crippen LogP contribution in [0, 0.1) is 11.8 Å². The molecule has 0 bridgehead atoms. The molecule has 2 aliphatic rings. The molecule has 2 heterocycles. The van der Waals surface area contributed by atoms with Gasteiger partial charge in [-0.05, 0) is 46.0 Å². The SMILES string of the molecule is C/C(=C\C=O)[C@H](O[C@@H]1OC(C)CC(N(C)C)C1C)[C@@H](C)C1=CC(=O)OC(C)(C)O1. The molecule has 0 aromatic rings. The van der Waals surface area contributed by atoms with Crippen LogP contribution in [-0.4, -0.2) is 61.6 Å². The number of aldehydes is 1. The zero-order valence-corrected chi connectivity index (χ0v) is 18.8. The van der Waals surface area contributed by atoms with Crippen molar-refractivity contribution in [3.05, 3.63) is 23.5 Å². The molecule has 0 aliphatic carbocycles. The summed E-state index contributed by atoms with van der Waals surface area (Å²) in [5.74, 6) is -1.23. The number of ether oxygens (including phenoxy) is 4. The average molecular weight is 410 g/mol. The van der Waals surface area contributed by atoms with Crippen LogP contribution < -0.4 is 0 Å². The van der Waals surface area contributed by atoms with Gasteiger partial charge < -0.3 is 23.8 Å². The highest BCUT2D eigenvalue weighted by Gasteiger charge is 2.41. The summed E-state index contributed by atoms with van der Waals surface area (Å²) in [6, 6.07) is 0.314. The quantitative estimate of drug-likeness (QED) is 0.363. The first kappa shape index (κ1) is 23.6. The Bertz CT molecular complexity index is 668. The topological polar surface area (TPSA) is 74.3 Å². The van der Waals surface area contributed by atoms with Crippen LogP contribution >= 0.6 is 0 Å². The number of esters is 1. The summed E-state index contributed by atoms with van der Waals surface area (Å²) in [6.45, 7) is 11.3. The van der Waals surface area contributed by atoms with E-state index in [2.05, 4.69) is 25.9 Å². The van der Waals surface area contributed by atoms with E-state index in [-0.39, 0.29) is 17.9 Å². The van der Waals surface area contributed by atoms with Crippen molar-refractivity contribution in [3.63, 3.8) is 0 Å². The monoisotopic (exact) mass is 409 g/mol. The lowest BCUT2D eigenvalue weighted by molar-refractivity contribution is -0.250. The minimum atomic E-state index is -1.05. The molecule has 0 radical (unpaired) electrons. The Hall–Kier alpha value is -1.70. The summed E-state index contributed by atoms with van der Waals surface area (Å²) >= 11 is 0. The van der Waals surface area contributed by atoms with E-state index in [0.29, 0.717) is 11.8 Å². The predicted molar refractivity (Wildman–Crippen MR) is 109 cm³/mol. The van der Waals surface area contributed by atoms with Gasteiger partial charge >= 0.3 is 5.97 Å². The first-order valence-corrected chi connectivity index (χ1v) is 10.2. The van der Waals surface area contributed by atoms with Gasteiger partial charge in [0.05, 0.1) is 18.3 Å². The summed E-state index contributed by atoms with van der Waals surface area (Å²) in [7, 11) is 4.12. The number of cyclic esters (lactones) is 1. The van der Waals surface area contributed by atoms with Crippen LogP contribution in [0.25, 0.3) is 0 Å². The minimum Gasteiger partial charge on any atom is -0.456 e. The number of hydrogen-bond acceptors (Lipinski definition) is 7. The Labute approximate surface area is 174 Å². The highest BCUT2D eigenvalue weighted by molar-refractivity contribution is 5.83. The molecule has 0 aromatic heterocycles. The van der Waals surface area contributed by atoms with Crippen LogP contribution in [0.4, 0.5) is 0 Å². The molecule has 7 heteroatoms. The van der Waals surface area contributed by atoms with Crippen LogP contribution in [0.2, 0.25) is 0 Å². The molecule has 0 spiro atoms. The second-order valence-electron chi connectivity index (χ2n) is 8.80. The van der Waals surface area contributed by atoms with E-state index in [1.165, 1.54) is 12.2 Å². The van der Waals surface area contributed by atoms with Crippen molar-refractivity contribution < 1.29 is 28.5 Å². The molecule has 0 N–H and O–H groups in total. The van der Waals surface area contributed by atoms with Crippen molar-refractivity contribution in [1.82, 2.24) is 4.90 Å². The molecule has 3 unspecified atom stereocenters. The fourth-order valence-electron chi connectivity index (χ4n) is 4.04. The lowest BCUT2D eigenvalue weighted by Gasteiger charge is -2.44. The number of carbonyl (C=O) groups excluding carboxylic acids is 2. The first-order valence-electron chi connectivity index (χ1n) is 10.2. The average Bonchev–Trinajstić information content (AvgIpc) is 2.59. The van der Waals surface area contributed by atoms with Gasteiger partial charge in [0.2, 0.25) is 5.79 Å². The molecule has 1 saturated heterocycles. The Kier molecular flexibility index (Phi) is 7.65. The molecule has 2 rings (SSSR count). The molecule has 29 heavy (non-hydrogen) atoms. The molecule has 2 aliphatic heterocycles. The zero-order valence-electron chi connectivity index (χ0n) is 18.8. The fraction of sp³-hybridized carbons (Fsp3) is 0.727. The smallest absolute Gasteiger partial charge is 0.337 e. The normalized spacial score (nSPS) is 32.1. The van der Waals surface area contributed by atoms with Crippen molar-refractivity contribution in [3.8, 4) is 0 Å². The maximum atomic E-state index is 12.0. The number of rotatable bonds is 7. The summed E-state index contributed by atoms with van der Waals surface area (Å²) in [5, 5.41) is 0. The fourth-order valence-corrected chi connectivity index (χ4v) is 4.04. The van der Waals surface area contributed by atoms with Crippen LogP contribution in [-0.2, 0) is 28.5 Å². The van der Waals surface area contributed by atoms with E-state index in [0.717, 1.165) is 18.3 Å². The summed E-state index contributed by atoms with van der Waals surface area (Å²) in [5.41, 5.74) is 0.740. The van der Waals surface area contributed by atoms with Gasteiger partial charge in [0.1, 0.15) is 12.0 Å². The van der Waals surface area contributed by atoms with Crippen molar-refractivity contribution >= 4 is 12.3 Å². The number of nitrogens with zero attached hydrogens (tertiary/aromatic N) is 1. The van der Waals surface area contributed by atoms with Crippen LogP contribution in [0.3, 0.4) is 0 Å². The zero-order chi connectivity index (χ0) is 21.9. The molecular weight excluding hydrogens is 374 g/mol. The predicted octanol–water partition coefficient (Wildman–Crippen LogP) is 3.05. The van der Waals surface area contributed by atoms with Crippen LogP contribution in [0.15, 0.2) is 23.5 Å². The van der Waals surface area contributed by atoms with Gasteiger partial charge in [-0.25, -0.2) is 4.79 Å². The maximum absolute atomic E-state index is 12.0. The minimum absolute atomic E-state index is 0.0500. The van der Waals surface area contributed by atoms with Crippen LogP contribution in [0.1, 0.15) is 48.0 Å². The second-order valence-corrected chi connectivity index (χ2v) is 8.80. The number of carbonyl (C=O) groups is 2. The summed E-state index contributed by atoms with van der Waals surface area (Å²) < 4.78 is 23.6. The van der Waals surface area contributed by atoms with Gasteiger partial charge in [0, 0.05) is 31.7 Å². The van der Waals surface area contributed by atoms with Crippen molar-refractivity contribution in [2.45, 2.75) is 78.3 Å². The van der Waals surface area contributed by atoms with Gasteiger partial charge in [0.15, 0.2) is 6.29 Å². The van der Waals surface area contributed by atoms with Crippen LogP contribution in [0.5, 0.6) is 0 Å². The molecule has 0 saturated carbocycles. The number of hydrogen-bond donors (Lipinski definition) is 0. The lowest BCUT2D eigenvalue weighted by atomic mass is 9.90. The van der Waals surface area contributed by atoms with E-state index < -0.39 is 24.2 Å². The molecule has 164 valence electrons. The molecule has 6 atom stereocenters. The van der Waals surface area contributed by atoms with Crippen molar-refractivity contribution in [1.29, 1.82) is 0 Å². The van der Waals surface area contributed by atoms with E-state index in [9.17, 15) is 9.59 Å².